The lowest BCUT2D eigenvalue weighted by Crippen LogP contribution is -2.41. The van der Waals surface area contributed by atoms with Crippen molar-refractivity contribution in [3.8, 4) is 0 Å². The maximum atomic E-state index is 11.3. The number of amides is 2. The highest BCUT2D eigenvalue weighted by Crippen LogP contribution is 2.07. The Morgan fingerprint density at radius 3 is 2.50 bits per heavy atom. The average Bonchev–Trinajstić information content (AvgIpc) is 2.37. The van der Waals surface area contributed by atoms with Gasteiger partial charge in [-0.2, -0.15) is 0 Å². The fourth-order valence-corrected chi connectivity index (χ4v) is 1.68. The van der Waals surface area contributed by atoms with E-state index in [9.17, 15) is 9.59 Å². The van der Waals surface area contributed by atoms with Crippen molar-refractivity contribution in [1.82, 2.24) is 10.6 Å². The van der Waals surface area contributed by atoms with Gasteiger partial charge in [0.15, 0.2) is 0 Å². The van der Waals surface area contributed by atoms with E-state index in [1.165, 1.54) is 7.05 Å². The summed E-state index contributed by atoms with van der Waals surface area (Å²) in [5.74, 6) is -0.855. The van der Waals surface area contributed by atoms with E-state index in [1.807, 2.05) is 30.3 Å². The zero-order valence-corrected chi connectivity index (χ0v) is 10.3. The van der Waals surface area contributed by atoms with Gasteiger partial charge in [0, 0.05) is 19.5 Å². The van der Waals surface area contributed by atoms with Crippen molar-refractivity contribution in [2.75, 3.05) is 7.05 Å². The van der Waals surface area contributed by atoms with Gasteiger partial charge in [-0.25, -0.2) is 4.79 Å². The third kappa shape index (κ3) is 5.34. The summed E-state index contributed by atoms with van der Waals surface area (Å²) in [6.07, 6.45) is 1.08. The van der Waals surface area contributed by atoms with Gasteiger partial charge in [0.05, 0.1) is 0 Å². The molecule has 0 aliphatic heterocycles. The molecule has 1 unspecified atom stereocenters. The summed E-state index contributed by atoms with van der Waals surface area (Å²) < 4.78 is 0. The van der Waals surface area contributed by atoms with Crippen molar-refractivity contribution >= 4 is 12.0 Å². The number of hydrogen-bond acceptors (Lipinski definition) is 2. The average molecular weight is 250 g/mol. The molecule has 0 radical (unpaired) electrons. The number of carboxylic acid groups (broad SMARTS) is 1. The Morgan fingerprint density at radius 2 is 1.94 bits per heavy atom. The highest BCUT2D eigenvalue weighted by atomic mass is 16.4. The Labute approximate surface area is 106 Å². The molecule has 0 aromatic heterocycles. The molecule has 1 aromatic carbocycles. The summed E-state index contributed by atoms with van der Waals surface area (Å²) in [5, 5.41) is 13.9. The Bertz CT molecular complexity index is 392. The Balaban J connectivity index is 2.58. The minimum Gasteiger partial charge on any atom is -0.481 e. The van der Waals surface area contributed by atoms with Gasteiger partial charge < -0.3 is 15.7 Å². The molecule has 18 heavy (non-hydrogen) atoms. The van der Waals surface area contributed by atoms with Crippen LogP contribution in [0.5, 0.6) is 0 Å². The first-order valence-electron chi connectivity index (χ1n) is 5.85. The predicted molar refractivity (Wildman–Crippen MR) is 68.4 cm³/mol. The molecule has 0 aliphatic rings. The number of carbonyl (C=O) groups is 2. The molecule has 0 fully saturated rings. The number of benzene rings is 1. The summed E-state index contributed by atoms with van der Waals surface area (Å²) in [6.45, 7) is 0. The van der Waals surface area contributed by atoms with E-state index in [1.54, 1.807) is 0 Å². The first-order valence-corrected chi connectivity index (χ1v) is 5.85. The van der Waals surface area contributed by atoms with Gasteiger partial charge in [0.25, 0.3) is 0 Å². The van der Waals surface area contributed by atoms with Crippen LogP contribution in [0.25, 0.3) is 0 Å². The zero-order chi connectivity index (χ0) is 13.4. The Kier molecular flexibility index (Phi) is 5.70. The van der Waals surface area contributed by atoms with Crippen molar-refractivity contribution in [2.45, 2.75) is 25.3 Å². The monoisotopic (exact) mass is 250 g/mol. The second-order valence-electron chi connectivity index (χ2n) is 4.04. The summed E-state index contributed by atoms with van der Waals surface area (Å²) in [4.78, 5) is 21.9. The minimum absolute atomic E-state index is 0.0431. The summed E-state index contributed by atoms with van der Waals surface area (Å²) in [5.41, 5.74) is 1.07. The summed E-state index contributed by atoms with van der Waals surface area (Å²) in [6, 6.07) is 9.21. The highest BCUT2D eigenvalue weighted by Gasteiger charge is 2.13. The van der Waals surface area contributed by atoms with Gasteiger partial charge in [0.2, 0.25) is 0 Å². The topological polar surface area (TPSA) is 78.4 Å². The number of carbonyl (C=O) groups excluding carboxylic acids is 1. The molecule has 5 heteroatoms. The van der Waals surface area contributed by atoms with Crippen LogP contribution in [0.4, 0.5) is 4.79 Å². The van der Waals surface area contributed by atoms with E-state index in [0.29, 0.717) is 12.8 Å². The molecule has 0 aliphatic carbocycles. The number of urea groups is 1. The molecule has 0 bridgehead atoms. The first-order chi connectivity index (χ1) is 8.61. The van der Waals surface area contributed by atoms with Crippen molar-refractivity contribution in [3.63, 3.8) is 0 Å². The van der Waals surface area contributed by atoms with Gasteiger partial charge in [-0.1, -0.05) is 30.3 Å². The molecule has 98 valence electrons. The quantitative estimate of drug-likeness (QED) is 0.714. The van der Waals surface area contributed by atoms with Crippen molar-refractivity contribution in [2.24, 2.45) is 0 Å². The number of rotatable bonds is 6. The molecular formula is C13H18N2O3. The van der Waals surface area contributed by atoms with Gasteiger partial charge in [-0.15, -0.1) is 0 Å². The third-order valence-electron chi connectivity index (χ3n) is 2.59. The van der Waals surface area contributed by atoms with E-state index in [2.05, 4.69) is 10.6 Å². The van der Waals surface area contributed by atoms with Crippen LogP contribution < -0.4 is 10.6 Å². The fourth-order valence-electron chi connectivity index (χ4n) is 1.68. The van der Waals surface area contributed by atoms with E-state index in [-0.39, 0.29) is 18.5 Å². The molecule has 0 heterocycles. The van der Waals surface area contributed by atoms with Crippen molar-refractivity contribution in [1.29, 1.82) is 0 Å². The van der Waals surface area contributed by atoms with Gasteiger partial charge in [-0.3, -0.25) is 4.79 Å². The van der Waals surface area contributed by atoms with Crippen molar-refractivity contribution in [3.05, 3.63) is 35.9 Å². The van der Waals surface area contributed by atoms with Crippen LogP contribution in [0.15, 0.2) is 30.3 Å². The van der Waals surface area contributed by atoms with Crippen LogP contribution in [0.3, 0.4) is 0 Å². The van der Waals surface area contributed by atoms with Crippen LogP contribution in [-0.2, 0) is 11.2 Å². The SMILES string of the molecule is CNC(=O)NC(CCC(=O)O)Cc1ccccc1. The molecular weight excluding hydrogens is 232 g/mol. The van der Waals surface area contributed by atoms with Crippen molar-refractivity contribution < 1.29 is 14.7 Å². The van der Waals surface area contributed by atoms with Crippen LogP contribution in [0.2, 0.25) is 0 Å². The minimum atomic E-state index is -0.855. The lowest BCUT2D eigenvalue weighted by Gasteiger charge is -2.17. The van der Waals surface area contributed by atoms with E-state index in [4.69, 9.17) is 5.11 Å². The van der Waals surface area contributed by atoms with Gasteiger partial charge >= 0.3 is 12.0 Å². The molecule has 0 saturated carbocycles. The van der Waals surface area contributed by atoms with Gasteiger partial charge in [0.1, 0.15) is 0 Å². The first kappa shape index (κ1) is 14.0. The normalized spacial score (nSPS) is 11.6. The van der Waals surface area contributed by atoms with Crippen LogP contribution >= 0.6 is 0 Å². The smallest absolute Gasteiger partial charge is 0.314 e. The summed E-state index contributed by atoms with van der Waals surface area (Å²) in [7, 11) is 1.53. The number of aliphatic carboxylic acids is 1. The molecule has 0 spiro atoms. The second kappa shape index (κ2) is 7.32. The van der Waals surface area contributed by atoms with Crippen LogP contribution in [-0.4, -0.2) is 30.2 Å². The largest absolute Gasteiger partial charge is 0.481 e. The van der Waals surface area contributed by atoms with Gasteiger partial charge in [-0.05, 0) is 18.4 Å². The highest BCUT2D eigenvalue weighted by molar-refractivity contribution is 5.74. The molecule has 1 atom stereocenters. The molecule has 1 rings (SSSR count). The third-order valence-corrected chi connectivity index (χ3v) is 2.59. The standard InChI is InChI=1S/C13H18N2O3/c1-14-13(18)15-11(7-8-12(16)17)9-10-5-3-2-4-6-10/h2-6,11H,7-9H2,1H3,(H,16,17)(H2,14,15,18). The molecule has 3 N–H and O–H groups in total. The summed E-state index contributed by atoms with van der Waals surface area (Å²) >= 11 is 0. The lowest BCUT2D eigenvalue weighted by atomic mass is 10.0. The fraction of sp³-hybridized carbons (Fsp3) is 0.385. The number of carboxylic acids is 1. The van der Waals surface area contributed by atoms with E-state index in [0.717, 1.165) is 5.56 Å². The Hall–Kier alpha value is -2.04. The molecule has 5 nitrogen and oxygen atoms in total. The predicted octanol–water partition coefficient (Wildman–Crippen LogP) is 1.39. The van der Waals surface area contributed by atoms with Crippen LogP contribution in [0.1, 0.15) is 18.4 Å². The van der Waals surface area contributed by atoms with Crippen LogP contribution in [0, 0.1) is 0 Å². The maximum Gasteiger partial charge on any atom is 0.314 e. The second-order valence-corrected chi connectivity index (χ2v) is 4.04. The molecule has 0 saturated heterocycles. The molecule has 2 amide bonds. The number of nitrogens with one attached hydrogen (secondary N) is 2. The maximum absolute atomic E-state index is 11.3. The Morgan fingerprint density at radius 1 is 1.28 bits per heavy atom. The number of hydrogen-bond donors (Lipinski definition) is 3. The lowest BCUT2D eigenvalue weighted by molar-refractivity contribution is -0.137. The van der Waals surface area contributed by atoms with E-state index >= 15 is 0 Å². The zero-order valence-electron chi connectivity index (χ0n) is 10.3. The molecule has 1 aromatic rings. The van der Waals surface area contributed by atoms with E-state index < -0.39 is 5.97 Å².